The zero-order valence-electron chi connectivity index (χ0n) is 13.2. The van der Waals surface area contributed by atoms with E-state index in [4.69, 9.17) is 0 Å². The van der Waals surface area contributed by atoms with E-state index in [0.29, 0.717) is 17.6 Å². The molecule has 4 rings (SSSR count). The molecule has 24 heavy (non-hydrogen) atoms. The Morgan fingerprint density at radius 2 is 2.25 bits per heavy atom. The number of aromatic nitrogens is 3. The van der Waals surface area contributed by atoms with Crippen LogP contribution in [-0.4, -0.2) is 45.4 Å². The van der Waals surface area contributed by atoms with Crippen molar-refractivity contribution in [2.24, 2.45) is 0 Å². The maximum atomic E-state index is 12.6. The summed E-state index contributed by atoms with van der Waals surface area (Å²) in [6, 6.07) is 4.46. The van der Waals surface area contributed by atoms with Gasteiger partial charge < -0.3 is 10.3 Å². The molecule has 1 fully saturated rings. The number of likely N-dealkylation sites (tertiary alicyclic amines) is 1. The van der Waals surface area contributed by atoms with Crippen LogP contribution in [0.15, 0.2) is 36.2 Å². The molecular weight excluding hydrogens is 322 g/mol. The minimum Gasteiger partial charge on any atom is -0.350 e. The number of carbonyl (C=O) groups is 1. The van der Waals surface area contributed by atoms with Crippen LogP contribution in [0.1, 0.15) is 34.1 Å². The molecule has 3 aromatic heterocycles. The first kappa shape index (κ1) is 15.3. The Hall–Kier alpha value is -2.25. The number of hydrogen-bond acceptors (Lipinski definition) is 5. The molecule has 0 bridgehead atoms. The van der Waals surface area contributed by atoms with Crippen LogP contribution in [0.5, 0.6) is 0 Å². The summed E-state index contributed by atoms with van der Waals surface area (Å²) in [5.41, 5.74) is 1.95. The Labute approximate surface area is 143 Å². The number of nitrogens with one attached hydrogen (secondary N) is 2. The van der Waals surface area contributed by atoms with Crippen molar-refractivity contribution in [1.29, 1.82) is 0 Å². The average molecular weight is 341 g/mol. The number of imidazole rings is 1. The molecule has 1 amide bonds. The first-order valence-corrected chi connectivity index (χ1v) is 9.03. The lowest BCUT2D eigenvalue weighted by molar-refractivity contribution is 0.0939. The number of carbonyl (C=O) groups excluding carboxylic acids is 1. The highest BCUT2D eigenvalue weighted by molar-refractivity contribution is 7.10. The zero-order chi connectivity index (χ0) is 16.4. The summed E-state index contributed by atoms with van der Waals surface area (Å²) in [7, 11) is 0. The van der Waals surface area contributed by atoms with Crippen molar-refractivity contribution in [2.45, 2.75) is 18.9 Å². The number of hydrogen-bond donors (Lipinski definition) is 2. The third kappa shape index (κ3) is 2.92. The van der Waals surface area contributed by atoms with Gasteiger partial charge in [-0.2, -0.15) is 0 Å². The Bertz CT molecular complexity index is 823. The maximum absolute atomic E-state index is 12.6. The monoisotopic (exact) mass is 341 g/mol. The highest BCUT2D eigenvalue weighted by Gasteiger charge is 2.25. The van der Waals surface area contributed by atoms with Gasteiger partial charge in [-0.1, -0.05) is 6.07 Å². The Morgan fingerprint density at radius 3 is 3.04 bits per heavy atom. The van der Waals surface area contributed by atoms with Gasteiger partial charge in [0.05, 0.1) is 29.6 Å². The number of rotatable bonds is 5. The summed E-state index contributed by atoms with van der Waals surface area (Å²) in [5.74, 6) is -0.124. The normalized spacial score (nSPS) is 16.5. The van der Waals surface area contributed by atoms with E-state index in [1.807, 2.05) is 0 Å². The van der Waals surface area contributed by atoms with Crippen LogP contribution in [0.25, 0.3) is 11.0 Å². The summed E-state index contributed by atoms with van der Waals surface area (Å²) in [6.45, 7) is 2.78. The standard InChI is InChI=1S/C17H19N5OS/c23-17(12-8-18-9-13-16(12)21-11-20-13)19-10-14(15-4-3-7-24-15)22-5-1-2-6-22/h3-4,7-9,11,14H,1-2,5-6,10H2,(H,19,23)(H,20,21). The van der Waals surface area contributed by atoms with Crippen molar-refractivity contribution < 1.29 is 4.79 Å². The van der Waals surface area contributed by atoms with Gasteiger partial charge in [-0.15, -0.1) is 11.3 Å². The highest BCUT2D eigenvalue weighted by Crippen LogP contribution is 2.28. The van der Waals surface area contributed by atoms with Crippen LogP contribution < -0.4 is 5.32 Å². The lowest BCUT2D eigenvalue weighted by Crippen LogP contribution is -2.36. The molecule has 1 saturated heterocycles. The van der Waals surface area contributed by atoms with Crippen LogP contribution in [0.2, 0.25) is 0 Å². The van der Waals surface area contributed by atoms with Gasteiger partial charge in [0.25, 0.3) is 5.91 Å². The number of aromatic amines is 1. The minimum atomic E-state index is -0.124. The second-order valence-electron chi connectivity index (χ2n) is 5.97. The van der Waals surface area contributed by atoms with Crippen molar-refractivity contribution in [2.75, 3.05) is 19.6 Å². The molecule has 1 aliphatic rings. The molecule has 1 unspecified atom stereocenters. The number of fused-ring (bicyclic) bond motifs is 1. The molecule has 6 nitrogen and oxygen atoms in total. The Balaban J connectivity index is 1.51. The van der Waals surface area contributed by atoms with Crippen LogP contribution in [0, 0.1) is 0 Å². The molecule has 2 N–H and O–H groups in total. The van der Waals surface area contributed by atoms with Gasteiger partial charge in [-0.3, -0.25) is 14.7 Å². The lowest BCUT2D eigenvalue weighted by atomic mass is 10.2. The van der Waals surface area contributed by atoms with Crippen molar-refractivity contribution >= 4 is 28.3 Å². The zero-order valence-corrected chi connectivity index (χ0v) is 14.1. The average Bonchev–Trinajstić information content (AvgIpc) is 3.35. The predicted octanol–water partition coefficient (Wildman–Crippen LogP) is 2.59. The molecule has 0 aliphatic carbocycles. The number of nitrogens with zero attached hydrogens (tertiary/aromatic N) is 3. The van der Waals surface area contributed by atoms with Crippen molar-refractivity contribution in [3.05, 3.63) is 46.7 Å². The van der Waals surface area contributed by atoms with E-state index < -0.39 is 0 Å². The summed E-state index contributed by atoms with van der Waals surface area (Å²) < 4.78 is 0. The maximum Gasteiger partial charge on any atom is 0.255 e. The van der Waals surface area contributed by atoms with Gasteiger partial charge >= 0.3 is 0 Å². The number of thiophene rings is 1. The predicted molar refractivity (Wildman–Crippen MR) is 94.1 cm³/mol. The largest absolute Gasteiger partial charge is 0.350 e. The molecule has 0 radical (unpaired) electrons. The third-order valence-electron chi connectivity index (χ3n) is 4.48. The van der Waals surface area contributed by atoms with E-state index in [2.05, 4.69) is 42.7 Å². The van der Waals surface area contributed by atoms with Crippen molar-refractivity contribution in [3.63, 3.8) is 0 Å². The fourth-order valence-corrected chi connectivity index (χ4v) is 4.12. The number of pyridine rings is 1. The van der Waals surface area contributed by atoms with Crippen LogP contribution in [0.3, 0.4) is 0 Å². The van der Waals surface area contributed by atoms with Crippen molar-refractivity contribution in [1.82, 2.24) is 25.2 Å². The number of H-pyrrole nitrogens is 1. The van der Waals surface area contributed by atoms with E-state index in [0.717, 1.165) is 18.6 Å². The molecule has 7 heteroatoms. The van der Waals surface area contributed by atoms with Crippen LogP contribution in [-0.2, 0) is 0 Å². The first-order valence-electron chi connectivity index (χ1n) is 8.15. The van der Waals surface area contributed by atoms with E-state index in [-0.39, 0.29) is 11.9 Å². The lowest BCUT2D eigenvalue weighted by Gasteiger charge is -2.26. The smallest absolute Gasteiger partial charge is 0.255 e. The molecule has 124 valence electrons. The third-order valence-corrected chi connectivity index (χ3v) is 5.46. The van der Waals surface area contributed by atoms with Gasteiger partial charge in [0.2, 0.25) is 0 Å². The van der Waals surface area contributed by atoms with Crippen LogP contribution in [0.4, 0.5) is 0 Å². The summed E-state index contributed by atoms with van der Waals surface area (Å²) in [5, 5.41) is 5.17. The van der Waals surface area contributed by atoms with Crippen molar-refractivity contribution in [3.8, 4) is 0 Å². The molecule has 1 aliphatic heterocycles. The van der Waals surface area contributed by atoms with Gasteiger partial charge in [0.1, 0.15) is 5.52 Å². The second-order valence-corrected chi connectivity index (χ2v) is 6.95. The number of amides is 1. The molecule has 0 spiro atoms. The Morgan fingerprint density at radius 1 is 1.38 bits per heavy atom. The van der Waals surface area contributed by atoms with E-state index >= 15 is 0 Å². The molecule has 1 atom stereocenters. The minimum absolute atomic E-state index is 0.124. The fourth-order valence-electron chi connectivity index (χ4n) is 3.26. The molecule has 0 saturated carbocycles. The topological polar surface area (TPSA) is 73.9 Å². The highest BCUT2D eigenvalue weighted by atomic mass is 32.1. The summed E-state index contributed by atoms with van der Waals surface area (Å²) in [4.78, 5) is 27.7. The molecule has 4 heterocycles. The SMILES string of the molecule is O=C(NCC(c1cccs1)N1CCCC1)c1cncc2[nH]cnc12. The van der Waals surface area contributed by atoms with Gasteiger partial charge in [-0.25, -0.2) is 4.98 Å². The molecule has 0 aromatic carbocycles. The van der Waals surface area contributed by atoms with Crippen LogP contribution >= 0.6 is 11.3 Å². The van der Waals surface area contributed by atoms with E-state index in [9.17, 15) is 4.79 Å². The molecule has 3 aromatic rings. The second kappa shape index (κ2) is 6.70. The van der Waals surface area contributed by atoms with Gasteiger partial charge in [-0.05, 0) is 37.4 Å². The first-order chi connectivity index (χ1) is 11.8. The fraction of sp³-hybridized carbons (Fsp3) is 0.353. The molecular formula is C17H19N5OS. The van der Waals surface area contributed by atoms with E-state index in [1.165, 1.54) is 17.7 Å². The quantitative estimate of drug-likeness (QED) is 0.748. The van der Waals surface area contributed by atoms with Gasteiger partial charge in [0.15, 0.2) is 0 Å². The summed E-state index contributed by atoms with van der Waals surface area (Å²) >= 11 is 1.75. The van der Waals surface area contributed by atoms with Gasteiger partial charge in [0, 0.05) is 17.6 Å². The summed E-state index contributed by atoms with van der Waals surface area (Å²) in [6.07, 6.45) is 7.30. The Kier molecular flexibility index (Phi) is 4.27. The van der Waals surface area contributed by atoms with E-state index in [1.54, 1.807) is 30.1 Å².